The number of nitrogens with zero attached hydrogens (tertiary/aromatic N) is 4. The molecule has 1 fully saturated rings. The second-order valence-corrected chi connectivity index (χ2v) is 7.35. The van der Waals surface area contributed by atoms with E-state index in [4.69, 9.17) is 16.6 Å². The molecule has 0 radical (unpaired) electrons. The van der Waals surface area contributed by atoms with Gasteiger partial charge in [-0.3, -0.25) is 4.79 Å². The van der Waals surface area contributed by atoms with Crippen LogP contribution in [0.2, 0.25) is 5.02 Å². The Balaban J connectivity index is 1.71. The van der Waals surface area contributed by atoms with Gasteiger partial charge in [0.2, 0.25) is 0 Å². The Kier molecular flexibility index (Phi) is 4.41. The topological polar surface area (TPSA) is 50.5 Å². The summed E-state index contributed by atoms with van der Waals surface area (Å²) in [6.07, 6.45) is 4.95. The first kappa shape index (κ1) is 17.0. The van der Waals surface area contributed by atoms with Crippen LogP contribution in [0.4, 0.5) is 0 Å². The van der Waals surface area contributed by atoms with Gasteiger partial charge < -0.3 is 4.90 Å². The van der Waals surface area contributed by atoms with E-state index in [1.54, 1.807) is 10.6 Å². The molecule has 0 saturated carbocycles. The molecule has 3 aromatic rings. The summed E-state index contributed by atoms with van der Waals surface area (Å²) in [7, 11) is 0. The molecule has 1 saturated heterocycles. The van der Waals surface area contributed by atoms with Crippen molar-refractivity contribution < 1.29 is 4.79 Å². The first-order valence-corrected chi connectivity index (χ1v) is 9.31. The van der Waals surface area contributed by atoms with E-state index in [-0.39, 0.29) is 11.9 Å². The summed E-state index contributed by atoms with van der Waals surface area (Å²) in [5, 5.41) is 5.06. The van der Waals surface area contributed by atoms with Crippen LogP contribution in [0.3, 0.4) is 0 Å². The molecule has 0 aliphatic carbocycles. The smallest absolute Gasteiger partial charge is 0.254 e. The third-order valence-electron chi connectivity index (χ3n) is 5.01. The average Bonchev–Trinajstić information content (AvgIpc) is 3.06. The molecule has 1 aliphatic rings. The van der Waals surface area contributed by atoms with Crippen molar-refractivity contribution >= 4 is 23.2 Å². The highest BCUT2D eigenvalue weighted by atomic mass is 35.5. The van der Waals surface area contributed by atoms with Crippen LogP contribution in [0.1, 0.15) is 52.6 Å². The largest absolute Gasteiger partial charge is 0.330 e. The maximum Gasteiger partial charge on any atom is 0.254 e. The summed E-state index contributed by atoms with van der Waals surface area (Å²) in [5.41, 5.74) is 4.25. The number of benzene rings is 1. The summed E-state index contributed by atoms with van der Waals surface area (Å²) in [4.78, 5) is 19.9. The van der Waals surface area contributed by atoms with E-state index in [0.29, 0.717) is 10.6 Å². The fourth-order valence-electron chi connectivity index (χ4n) is 3.62. The fourth-order valence-corrected chi connectivity index (χ4v) is 3.79. The second kappa shape index (κ2) is 6.72. The lowest BCUT2D eigenvalue weighted by Crippen LogP contribution is -2.39. The van der Waals surface area contributed by atoms with Crippen molar-refractivity contribution in [1.82, 2.24) is 19.5 Å². The first-order valence-electron chi connectivity index (χ1n) is 8.93. The summed E-state index contributed by atoms with van der Waals surface area (Å²) in [6.45, 7) is 4.63. The fraction of sp³-hybridized carbons (Fsp3) is 0.350. The Morgan fingerprint density at radius 3 is 2.88 bits per heavy atom. The number of hydrogen-bond acceptors (Lipinski definition) is 3. The van der Waals surface area contributed by atoms with Gasteiger partial charge in [0.15, 0.2) is 5.65 Å². The number of rotatable bonds is 2. The molecule has 6 heteroatoms. The molecule has 2 aromatic heterocycles. The average molecular weight is 369 g/mol. The molecule has 1 aliphatic heterocycles. The van der Waals surface area contributed by atoms with Gasteiger partial charge in [-0.15, -0.1) is 0 Å². The first-order chi connectivity index (χ1) is 12.5. The number of aryl methyl sites for hydroxylation is 2. The molecule has 0 unspecified atom stereocenters. The zero-order valence-corrected chi connectivity index (χ0v) is 15.7. The van der Waals surface area contributed by atoms with E-state index >= 15 is 0 Å². The number of fused-ring (bicyclic) bond motifs is 1. The Hall–Kier alpha value is -2.40. The van der Waals surface area contributed by atoms with Gasteiger partial charge in [-0.2, -0.15) is 5.10 Å². The number of imidazole rings is 1. The highest BCUT2D eigenvalue weighted by Gasteiger charge is 2.31. The van der Waals surface area contributed by atoms with E-state index in [0.717, 1.165) is 48.4 Å². The van der Waals surface area contributed by atoms with Gasteiger partial charge >= 0.3 is 0 Å². The van der Waals surface area contributed by atoms with Crippen LogP contribution in [0.25, 0.3) is 5.65 Å². The number of piperidine rings is 1. The highest BCUT2D eigenvalue weighted by molar-refractivity contribution is 6.31. The number of aromatic nitrogens is 3. The lowest BCUT2D eigenvalue weighted by molar-refractivity contribution is 0.0606. The molecule has 134 valence electrons. The molecule has 1 aromatic carbocycles. The van der Waals surface area contributed by atoms with Crippen LogP contribution in [0.5, 0.6) is 0 Å². The third-order valence-corrected chi connectivity index (χ3v) is 5.24. The van der Waals surface area contributed by atoms with E-state index in [1.165, 1.54) is 0 Å². The molecular weight excluding hydrogens is 348 g/mol. The molecule has 0 N–H and O–H groups in total. The second-order valence-electron chi connectivity index (χ2n) is 6.91. The van der Waals surface area contributed by atoms with E-state index in [9.17, 15) is 4.79 Å². The van der Waals surface area contributed by atoms with Crippen molar-refractivity contribution in [1.29, 1.82) is 0 Å². The van der Waals surface area contributed by atoms with E-state index < -0.39 is 0 Å². The highest BCUT2D eigenvalue weighted by Crippen LogP contribution is 2.32. The van der Waals surface area contributed by atoms with Gasteiger partial charge in [-0.05, 0) is 62.9 Å². The van der Waals surface area contributed by atoms with Crippen LogP contribution in [-0.4, -0.2) is 31.9 Å². The van der Waals surface area contributed by atoms with Crippen molar-refractivity contribution in [3.63, 3.8) is 0 Å². The van der Waals surface area contributed by atoms with Gasteiger partial charge in [0.1, 0.15) is 0 Å². The summed E-state index contributed by atoms with van der Waals surface area (Å²) >= 11 is 6.13. The Bertz CT molecular complexity index is 981. The summed E-state index contributed by atoms with van der Waals surface area (Å²) in [6, 6.07) is 9.35. The molecule has 5 nitrogen and oxygen atoms in total. The minimum atomic E-state index is -0.0309. The summed E-state index contributed by atoms with van der Waals surface area (Å²) < 4.78 is 1.80. The molecule has 0 bridgehead atoms. The summed E-state index contributed by atoms with van der Waals surface area (Å²) in [5.74, 6) is 0.0240. The van der Waals surface area contributed by atoms with Crippen molar-refractivity contribution in [3.8, 4) is 0 Å². The maximum atomic E-state index is 13.2. The van der Waals surface area contributed by atoms with Gasteiger partial charge in [0.25, 0.3) is 5.91 Å². The van der Waals surface area contributed by atoms with Crippen LogP contribution >= 0.6 is 11.6 Å². The Morgan fingerprint density at radius 2 is 2.04 bits per heavy atom. The Labute approximate surface area is 157 Å². The van der Waals surface area contributed by atoms with Gasteiger partial charge in [0, 0.05) is 17.1 Å². The molecule has 1 atom stereocenters. The van der Waals surface area contributed by atoms with Crippen LogP contribution in [-0.2, 0) is 0 Å². The molecule has 0 spiro atoms. The molecule has 3 heterocycles. The van der Waals surface area contributed by atoms with Gasteiger partial charge in [-0.1, -0.05) is 17.7 Å². The predicted molar refractivity (Wildman–Crippen MR) is 102 cm³/mol. The van der Waals surface area contributed by atoms with Crippen LogP contribution in [0.15, 0.2) is 36.5 Å². The van der Waals surface area contributed by atoms with Gasteiger partial charge in [-0.25, -0.2) is 9.50 Å². The van der Waals surface area contributed by atoms with E-state index in [1.807, 2.05) is 49.2 Å². The number of hydrogen-bond donors (Lipinski definition) is 0. The number of carbonyl (C=O) groups excluding carboxylic acids is 1. The minimum absolute atomic E-state index is 0.0240. The SMILES string of the molecule is Cc1ccc2nc([C@@H]3CCCCN3C(=O)c3cc(Cl)ccc3C)cn2n1. The van der Waals surface area contributed by atoms with Crippen molar-refractivity contribution in [3.05, 3.63) is 64.1 Å². The normalized spacial score (nSPS) is 17.7. The van der Waals surface area contributed by atoms with E-state index in [2.05, 4.69) is 5.10 Å². The van der Waals surface area contributed by atoms with Gasteiger partial charge in [0.05, 0.1) is 23.6 Å². The molecular formula is C20H21ClN4O. The quantitative estimate of drug-likeness (QED) is 0.675. The number of amides is 1. The standard InChI is InChI=1S/C20H21ClN4O/c1-13-6-8-15(21)11-16(13)20(26)24-10-4-3-5-18(24)17-12-25-19(22-17)9-7-14(2)23-25/h6-9,11-12,18H,3-5,10H2,1-2H3/t18-/m0/s1. The number of likely N-dealkylation sites (tertiary alicyclic amines) is 1. The third kappa shape index (κ3) is 3.07. The molecule has 1 amide bonds. The predicted octanol–water partition coefficient (Wildman–Crippen LogP) is 4.37. The minimum Gasteiger partial charge on any atom is -0.330 e. The number of carbonyl (C=O) groups is 1. The maximum absolute atomic E-state index is 13.2. The lowest BCUT2D eigenvalue weighted by atomic mass is 9.97. The van der Waals surface area contributed by atoms with Crippen LogP contribution < -0.4 is 0 Å². The van der Waals surface area contributed by atoms with Crippen LogP contribution in [0, 0.1) is 13.8 Å². The molecule has 26 heavy (non-hydrogen) atoms. The zero-order chi connectivity index (χ0) is 18.3. The van der Waals surface area contributed by atoms with Crippen molar-refractivity contribution in [2.45, 2.75) is 39.2 Å². The molecule has 4 rings (SSSR count). The van der Waals surface area contributed by atoms with Crippen molar-refractivity contribution in [2.24, 2.45) is 0 Å². The monoisotopic (exact) mass is 368 g/mol. The number of halogens is 1. The lowest BCUT2D eigenvalue weighted by Gasteiger charge is -2.35. The Morgan fingerprint density at radius 1 is 1.19 bits per heavy atom. The zero-order valence-electron chi connectivity index (χ0n) is 14.9. The van der Waals surface area contributed by atoms with Crippen molar-refractivity contribution in [2.75, 3.05) is 6.54 Å².